The van der Waals surface area contributed by atoms with Crippen LogP contribution in [0.1, 0.15) is 12.5 Å². The number of carbonyl (C=O) groups excluding carboxylic acids is 1. The number of halogens is 2. The molecule has 1 atom stereocenters. The number of rotatable bonds is 4. The molecule has 1 aromatic carbocycles. The standard InChI is InChI=1S/C11H13BrFNO/c1-8(12)11(15)14-7-6-9-4-2-3-5-10(9)13/h2-5,8H,6-7H2,1H3,(H,14,15). The van der Waals surface area contributed by atoms with Crippen molar-refractivity contribution in [3.05, 3.63) is 35.6 Å². The number of carbonyl (C=O) groups is 1. The zero-order chi connectivity index (χ0) is 11.3. The van der Waals surface area contributed by atoms with Crippen LogP contribution in [0.15, 0.2) is 24.3 Å². The molecule has 4 heteroatoms. The summed E-state index contributed by atoms with van der Waals surface area (Å²) in [7, 11) is 0. The van der Waals surface area contributed by atoms with Crippen LogP contribution in [0.4, 0.5) is 4.39 Å². The molecule has 1 unspecified atom stereocenters. The molecule has 1 N–H and O–H groups in total. The predicted molar refractivity (Wildman–Crippen MR) is 61.5 cm³/mol. The van der Waals surface area contributed by atoms with Crippen LogP contribution in [0, 0.1) is 5.82 Å². The Morgan fingerprint density at radius 3 is 2.80 bits per heavy atom. The maximum atomic E-state index is 13.2. The maximum Gasteiger partial charge on any atom is 0.233 e. The van der Waals surface area contributed by atoms with Crippen LogP contribution in [0.25, 0.3) is 0 Å². The Kier molecular flexibility index (Phi) is 4.75. The van der Waals surface area contributed by atoms with E-state index in [9.17, 15) is 9.18 Å². The van der Waals surface area contributed by atoms with Crippen molar-refractivity contribution in [2.45, 2.75) is 18.2 Å². The number of amides is 1. The summed E-state index contributed by atoms with van der Waals surface area (Å²) < 4.78 is 13.2. The lowest BCUT2D eigenvalue weighted by Crippen LogP contribution is -2.31. The van der Waals surface area contributed by atoms with Gasteiger partial charge in [0, 0.05) is 6.54 Å². The van der Waals surface area contributed by atoms with Gasteiger partial charge in [0.1, 0.15) is 5.82 Å². The van der Waals surface area contributed by atoms with Gasteiger partial charge in [0.05, 0.1) is 4.83 Å². The van der Waals surface area contributed by atoms with E-state index < -0.39 is 0 Å². The average molecular weight is 274 g/mol. The molecule has 2 nitrogen and oxygen atoms in total. The lowest BCUT2D eigenvalue weighted by atomic mass is 10.1. The van der Waals surface area contributed by atoms with Crippen LogP contribution in [-0.2, 0) is 11.2 Å². The first-order valence-electron chi connectivity index (χ1n) is 4.76. The first kappa shape index (κ1) is 12.2. The summed E-state index contributed by atoms with van der Waals surface area (Å²) in [4.78, 5) is 11.0. The van der Waals surface area contributed by atoms with E-state index in [1.807, 2.05) is 0 Å². The molecule has 1 aromatic rings. The summed E-state index contributed by atoms with van der Waals surface area (Å²) in [6, 6.07) is 6.58. The van der Waals surface area contributed by atoms with Crippen molar-refractivity contribution in [1.82, 2.24) is 5.32 Å². The summed E-state index contributed by atoms with van der Waals surface area (Å²) >= 11 is 3.15. The molecule has 0 spiro atoms. The molecule has 82 valence electrons. The van der Waals surface area contributed by atoms with Crippen molar-refractivity contribution in [3.8, 4) is 0 Å². The van der Waals surface area contributed by atoms with Gasteiger partial charge >= 0.3 is 0 Å². The summed E-state index contributed by atoms with van der Waals surface area (Å²) in [6.07, 6.45) is 0.512. The molecule has 0 aliphatic rings. The summed E-state index contributed by atoms with van der Waals surface area (Å²) in [5.41, 5.74) is 0.625. The second kappa shape index (κ2) is 5.85. The Labute approximate surface area is 97.0 Å². The van der Waals surface area contributed by atoms with E-state index in [0.717, 1.165) is 0 Å². The second-order valence-electron chi connectivity index (χ2n) is 3.25. The molecule has 0 saturated heterocycles. The number of benzene rings is 1. The molecule has 0 aromatic heterocycles. The Balaban J connectivity index is 2.38. The highest BCUT2D eigenvalue weighted by molar-refractivity contribution is 9.10. The van der Waals surface area contributed by atoms with E-state index in [1.165, 1.54) is 6.07 Å². The average Bonchev–Trinajstić information content (AvgIpc) is 2.20. The Morgan fingerprint density at radius 1 is 1.53 bits per heavy atom. The maximum absolute atomic E-state index is 13.2. The Hall–Kier alpha value is -0.900. The van der Waals surface area contributed by atoms with Gasteiger partial charge in [0.25, 0.3) is 0 Å². The Morgan fingerprint density at radius 2 is 2.20 bits per heavy atom. The van der Waals surface area contributed by atoms with E-state index in [2.05, 4.69) is 21.2 Å². The predicted octanol–water partition coefficient (Wildman–Crippen LogP) is 2.27. The highest BCUT2D eigenvalue weighted by atomic mass is 79.9. The number of hydrogen-bond donors (Lipinski definition) is 1. The molecule has 0 bridgehead atoms. The van der Waals surface area contributed by atoms with Gasteiger partial charge in [-0.3, -0.25) is 4.79 Å². The van der Waals surface area contributed by atoms with Gasteiger partial charge in [-0.15, -0.1) is 0 Å². The highest BCUT2D eigenvalue weighted by Crippen LogP contribution is 2.06. The van der Waals surface area contributed by atoms with Gasteiger partial charge in [0.15, 0.2) is 0 Å². The van der Waals surface area contributed by atoms with Crippen LogP contribution in [0.2, 0.25) is 0 Å². The van der Waals surface area contributed by atoms with E-state index in [4.69, 9.17) is 0 Å². The first-order valence-corrected chi connectivity index (χ1v) is 5.68. The van der Waals surface area contributed by atoms with Crippen molar-refractivity contribution >= 4 is 21.8 Å². The van der Waals surface area contributed by atoms with Crippen LogP contribution >= 0.6 is 15.9 Å². The lowest BCUT2D eigenvalue weighted by molar-refractivity contribution is -0.120. The molecule has 1 amide bonds. The van der Waals surface area contributed by atoms with Gasteiger partial charge in [-0.25, -0.2) is 4.39 Å². The normalized spacial score (nSPS) is 12.2. The molecule has 0 saturated carbocycles. The highest BCUT2D eigenvalue weighted by Gasteiger charge is 2.07. The molecule has 1 rings (SSSR count). The number of hydrogen-bond acceptors (Lipinski definition) is 1. The minimum absolute atomic E-state index is 0.0775. The van der Waals surface area contributed by atoms with Crippen LogP contribution in [-0.4, -0.2) is 17.3 Å². The zero-order valence-corrected chi connectivity index (χ0v) is 10.1. The molecule has 15 heavy (non-hydrogen) atoms. The molecule has 0 radical (unpaired) electrons. The first-order chi connectivity index (χ1) is 7.11. The molecular formula is C11H13BrFNO. The molecule has 0 heterocycles. The minimum Gasteiger partial charge on any atom is -0.355 e. The van der Waals surface area contributed by atoms with E-state index in [0.29, 0.717) is 18.5 Å². The molecule has 0 aliphatic heterocycles. The third-order valence-electron chi connectivity index (χ3n) is 2.01. The van der Waals surface area contributed by atoms with Crippen molar-refractivity contribution in [2.75, 3.05) is 6.54 Å². The van der Waals surface area contributed by atoms with Gasteiger partial charge in [0.2, 0.25) is 5.91 Å². The summed E-state index contributed by atoms with van der Waals surface area (Å²) in [6.45, 7) is 2.20. The fourth-order valence-electron chi connectivity index (χ4n) is 1.16. The van der Waals surface area contributed by atoms with Crippen LogP contribution in [0.5, 0.6) is 0 Å². The summed E-state index contributed by atoms with van der Waals surface area (Å²) in [5, 5.41) is 2.71. The Bertz CT molecular complexity index is 341. The quantitative estimate of drug-likeness (QED) is 0.838. The lowest BCUT2D eigenvalue weighted by Gasteiger charge is -2.06. The van der Waals surface area contributed by atoms with Gasteiger partial charge in [-0.05, 0) is 25.0 Å². The van der Waals surface area contributed by atoms with Crippen molar-refractivity contribution < 1.29 is 9.18 Å². The smallest absolute Gasteiger partial charge is 0.233 e. The van der Waals surface area contributed by atoms with Gasteiger partial charge < -0.3 is 5.32 Å². The third-order valence-corrected chi connectivity index (χ3v) is 2.43. The fourth-order valence-corrected chi connectivity index (χ4v) is 1.32. The van der Waals surface area contributed by atoms with Crippen LogP contribution in [0.3, 0.4) is 0 Å². The van der Waals surface area contributed by atoms with Crippen molar-refractivity contribution in [1.29, 1.82) is 0 Å². The number of alkyl halides is 1. The van der Waals surface area contributed by atoms with Gasteiger partial charge in [-0.1, -0.05) is 34.1 Å². The third kappa shape index (κ3) is 4.00. The van der Waals surface area contributed by atoms with E-state index in [1.54, 1.807) is 25.1 Å². The van der Waals surface area contributed by atoms with Crippen LogP contribution < -0.4 is 5.32 Å². The second-order valence-corrected chi connectivity index (χ2v) is 4.62. The molecule has 0 fully saturated rings. The minimum atomic E-state index is -0.223. The molecular weight excluding hydrogens is 261 g/mol. The largest absolute Gasteiger partial charge is 0.355 e. The van der Waals surface area contributed by atoms with E-state index in [-0.39, 0.29) is 16.6 Å². The zero-order valence-electron chi connectivity index (χ0n) is 8.47. The van der Waals surface area contributed by atoms with E-state index >= 15 is 0 Å². The van der Waals surface area contributed by atoms with Crippen molar-refractivity contribution in [3.63, 3.8) is 0 Å². The molecule has 0 aliphatic carbocycles. The SMILES string of the molecule is CC(Br)C(=O)NCCc1ccccc1F. The fraction of sp³-hybridized carbons (Fsp3) is 0.364. The van der Waals surface area contributed by atoms with Gasteiger partial charge in [-0.2, -0.15) is 0 Å². The van der Waals surface area contributed by atoms with Crippen molar-refractivity contribution in [2.24, 2.45) is 0 Å². The topological polar surface area (TPSA) is 29.1 Å². The summed E-state index contributed by atoms with van der Waals surface area (Å²) in [5.74, 6) is -0.301. The number of nitrogens with one attached hydrogen (secondary N) is 1. The monoisotopic (exact) mass is 273 g/mol.